The van der Waals surface area contributed by atoms with Crippen LogP contribution in [0.3, 0.4) is 0 Å². The van der Waals surface area contributed by atoms with Gasteiger partial charge in [0.1, 0.15) is 5.69 Å². The molecule has 1 aromatic carbocycles. The number of hydrogen-bond donors (Lipinski definition) is 3. The molecule has 0 aliphatic heterocycles. The molecule has 10 heteroatoms. The number of amides is 3. The highest BCUT2D eigenvalue weighted by atomic mass is 19.2. The first-order valence-corrected chi connectivity index (χ1v) is 8.22. The molecule has 1 saturated carbocycles. The highest BCUT2D eigenvalue weighted by Crippen LogP contribution is 2.44. The number of aromatic nitrogens is 2. The van der Waals surface area contributed by atoms with E-state index in [2.05, 4.69) is 28.0 Å². The first kappa shape index (κ1) is 18.7. The van der Waals surface area contributed by atoms with Gasteiger partial charge in [-0.3, -0.25) is 14.8 Å². The van der Waals surface area contributed by atoms with Gasteiger partial charge >= 0.3 is 6.03 Å². The highest BCUT2D eigenvalue weighted by Gasteiger charge is 2.37. The van der Waals surface area contributed by atoms with Gasteiger partial charge in [-0.2, -0.15) is 5.10 Å². The molecule has 7 nitrogen and oxygen atoms in total. The van der Waals surface area contributed by atoms with Gasteiger partial charge in [-0.15, -0.1) is 0 Å². The first-order valence-electron chi connectivity index (χ1n) is 8.22. The Hall–Kier alpha value is -3.04. The van der Waals surface area contributed by atoms with Gasteiger partial charge in [0.2, 0.25) is 0 Å². The molecule has 1 aliphatic carbocycles. The van der Waals surface area contributed by atoms with Crippen molar-refractivity contribution in [3.8, 4) is 0 Å². The lowest BCUT2D eigenvalue weighted by Crippen LogP contribution is -2.33. The number of urea groups is 1. The van der Waals surface area contributed by atoms with Gasteiger partial charge in [-0.1, -0.05) is 6.92 Å². The second-order valence-corrected chi connectivity index (χ2v) is 6.86. The summed E-state index contributed by atoms with van der Waals surface area (Å²) in [6.07, 6.45) is 2.12. The molecule has 3 amide bonds. The number of nitrogens with zero attached hydrogens (tertiary/aromatic N) is 2. The van der Waals surface area contributed by atoms with E-state index in [1.807, 2.05) is 0 Å². The van der Waals surface area contributed by atoms with E-state index in [0.29, 0.717) is 18.7 Å². The second-order valence-electron chi connectivity index (χ2n) is 6.86. The molecule has 2 aromatic rings. The summed E-state index contributed by atoms with van der Waals surface area (Å²) in [5.41, 5.74) is -0.0706. The first-order chi connectivity index (χ1) is 12.7. The molecule has 3 N–H and O–H groups in total. The molecular weight excluding hydrogens is 363 g/mol. The molecule has 1 fully saturated rings. The summed E-state index contributed by atoms with van der Waals surface area (Å²) in [5, 5.41) is 11.5. The Balaban J connectivity index is 1.64. The maximum absolute atomic E-state index is 13.2. The standard InChI is InChI=1S/C17H18F3N5O2/c1-17(3-4-17)8-21-16(27)23-13-7-12(25(2)24-13)15(26)22-9-5-10(18)14(20)11(19)6-9/h5-7H,3-4,8H2,1-2H3,(H,22,26)(H2,21,23,24,27). The van der Waals surface area contributed by atoms with Crippen LogP contribution in [0.15, 0.2) is 18.2 Å². The molecule has 0 bridgehead atoms. The predicted molar refractivity (Wildman–Crippen MR) is 91.8 cm³/mol. The lowest BCUT2D eigenvalue weighted by atomic mass is 10.1. The number of rotatable bonds is 5. The third kappa shape index (κ3) is 4.39. The fourth-order valence-electron chi connectivity index (χ4n) is 2.41. The van der Waals surface area contributed by atoms with E-state index in [9.17, 15) is 22.8 Å². The highest BCUT2D eigenvalue weighted by molar-refractivity contribution is 6.04. The lowest BCUT2D eigenvalue weighted by molar-refractivity contribution is 0.101. The zero-order valence-electron chi connectivity index (χ0n) is 14.7. The summed E-state index contributed by atoms with van der Waals surface area (Å²) in [7, 11) is 1.47. The molecule has 1 aliphatic rings. The topological polar surface area (TPSA) is 88.1 Å². The maximum atomic E-state index is 13.2. The van der Waals surface area contributed by atoms with E-state index in [1.165, 1.54) is 17.8 Å². The number of anilines is 2. The van der Waals surface area contributed by atoms with Crippen LogP contribution in [0.2, 0.25) is 0 Å². The van der Waals surface area contributed by atoms with E-state index in [0.717, 1.165) is 12.8 Å². The minimum atomic E-state index is -1.62. The van der Waals surface area contributed by atoms with Crippen LogP contribution in [0.4, 0.5) is 29.5 Å². The number of benzene rings is 1. The van der Waals surface area contributed by atoms with Crippen LogP contribution in [-0.4, -0.2) is 28.3 Å². The number of nitrogens with one attached hydrogen (secondary N) is 3. The van der Waals surface area contributed by atoms with E-state index in [4.69, 9.17) is 0 Å². The fraction of sp³-hybridized carbons (Fsp3) is 0.353. The van der Waals surface area contributed by atoms with Crippen molar-refractivity contribution in [2.24, 2.45) is 12.5 Å². The van der Waals surface area contributed by atoms with E-state index in [1.54, 1.807) is 0 Å². The quantitative estimate of drug-likeness (QED) is 0.696. The Morgan fingerprint density at radius 2 is 1.78 bits per heavy atom. The average molecular weight is 381 g/mol. The van der Waals surface area contributed by atoms with Gasteiger partial charge in [0.05, 0.1) is 0 Å². The molecular formula is C17H18F3N5O2. The third-order valence-electron chi connectivity index (χ3n) is 4.38. The Morgan fingerprint density at radius 3 is 2.37 bits per heavy atom. The Bertz CT molecular complexity index is 885. The van der Waals surface area contributed by atoms with Gasteiger partial charge in [-0.25, -0.2) is 18.0 Å². The molecule has 0 radical (unpaired) electrons. The van der Waals surface area contributed by atoms with Crippen molar-refractivity contribution in [1.82, 2.24) is 15.1 Å². The smallest absolute Gasteiger partial charge is 0.320 e. The van der Waals surface area contributed by atoms with E-state index in [-0.39, 0.29) is 22.6 Å². The zero-order valence-corrected chi connectivity index (χ0v) is 14.7. The van der Waals surface area contributed by atoms with E-state index < -0.39 is 29.4 Å². The normalized spacial score (nSPS) is 14.6. The summed E-state index contributed by atoms with van der Waals surface area (Å²) >= 11 is 0. The fourth-order valence-corrected chi connectivity index (χ4v) is 2.41. The predicted octanol–water partition coefficient (Wildman–Crippen LogP) is 3.01. The second kappa shape index (κ2) is 6.93. The zero-order chi connectivity index (χ0) is 19.8. The Morgan fingerprint density at radius 1 is 1.15 bits per heavy atom. The molecule has 3 rings (SSSR count). The minimum absolute atomic E-state index is 0.0320. The average Bonchev–Trinajstić information content (AvgIpc) is 3.22. The number of aryl methyl sites for hydroxylation is 1. The summed E-state index contributed by atoms with van der Waals surface area (Å²) in [6, 6.07) is 2.19. The molecule has 0 unspecified atom stereocenters. The number of carbonyl (C=O) groups excluding carboxylic acids is 2. The molecule has 0 spiro atoms. The van der Waals surface area contributed by atoms with Crippen LogP contribution >= 0.6 is 0 Å². The number of hydrogen-bond acceptors (Lipinski definition) is 3. The molecule has 0 saturated heterocycles. The Labute approximate surface area is 152 Å². The van der Waals surface area contributed by atoms with Crippen LogP contribution in [0, 0.1) is 22.9 Å². The summed E-state index contributed by atoms with van der Waals surface area (Å²) in [6.45, 7) is 2.61. The van der Waals surface area contributed by atoms with Gasteiger partial charge < -0.3 is 10.6 Å². The van der Waals surface area contributed by atoms with Crippen LogP contribution in [-0.2, 0) is 7.05 Å². The lowest BCUT2D eigenvalue weighted by Gasteiger charge is -2.09. The third-order valence-corrected chi connectivity index (χ3v) is 4.38. The van der Waals surface area contributed by atoms with Gasteiger partial charge in [0, 0.05) is 37.5 Å². The van der Waals surface area contributed by atoms with Gasteiger partial charge in [0.15, 0.2) is 23.3 Å². The van der Waals surface area contributed by atoms with Crippen molar-refractivity contribution in [2.45, 2.75) is 19.8 Å². The maximum Gasteiger partial charge on any atom is 0.320 e. The number of halogens is 3. The molecule has 0 atom stereocenters. The van der Waals surface area contributed by atoms with Crippen LogP contribution in [0.1, 0.15) is 30.3 Å². The largest absolute Gasteiger partial charge is 0.337 e. The van der Waals surface area contributed by atoms with Crippen molar-refractivity contribution in [3.63, 3.8) is 0 Å². The van der Waals surface area contributed by atoms with Crippen molar-refractivity contribution in [3.05, 3.63) is 41.3 Å². The van der Waals surface area contributed by atoms with Crippen LogP contribution in [0.5, 0.6) is 0 Å². The summed E-state index contributed by atoms with van der Waals surface area (Å²) < 4.78 is 40.7. The Kier molecular flexibility index (Phi) is 4.81. The van der Waals surface area contributed by atoms with Crippen molar-refractivity contribution < 1.29 is 22.8 Å². The SMILES string of the molecule is Cn1nc(NC(=O)NCC2(C)CC2)cc1C(=O)Nc1cc(F)c(F)c(F)c1. The van der Waals surface area contributed by atoms with Crippen LogP contribution in [0.25, 0.3) is 0 Å². The van der Waals surface area contributed by atoms with E-state index >= 15 is 0 Å². The molecule has 27 heavy (non-hydrogen) atoms. The van der Waals surface area contributed by atoms with Crippen molar-refractivity contribution in [1.29, 1.82) is 0 Å². The molecule has 1 heterocycles. The minimum Gasteiger partial charge on any atom is -0.337 e. The van der Waals surface area contributed by atoms with Gasteiger partial charge in [-0.05, 0) is 18.3 Å². The van der Waals surface area contributed by atoms with Crippen LogP contribution < -0.4 is 16.0 Å². The number of carbonyl (C=O) groups is 2. The van der Waals surface area contributed by atoms with Crippen molar-refractivity contribution >= 4 is 23.4 Å². The van der Waals surface area contributed by atoms with Crippen molar-refractivity contribution in [2.75, 3.05) is 17.2 Å². The van der Waals surface area contributed by atoms with Gasteiger partial charge in [0.25, 0.3) is 5.91 Å². The summed E-state index contributed by atoms with van der Waals surface area (Å²) in [5.74, 6) is -5.05. The molecule has 144 valence electrons. The molecule has 1 aromatic heterocycles. The summed E-state index contributed by atoms with van der Waals surface area (Å²) in [4.78, 5) is 24.2. The monoisotopic (exact) mass is 381 g/mol.